The molecule has 1 aromatic carbocycles. The van der Waals surface area contributed by atoms with Gasteiger partial charge in [-0.15, -0.1) is 0 Å². The Kier molecular flexibility index (Phi) is 4.52. The van der Waals surface area contributed by atoms with Crippen molar-refractivity contribution in [2.45, 2.75) is 46.6 Å². The van der Waals surface area contributed by atoms with Gasteiger partial charge in [0.05, 0.1) is 6.04 Å². The first kappa shape index (κ1) is 14.7. The molecule has 3 nitrogen and oxygen atoms in total. The third-order valence-electron chi connectivity index (χ3n) is 3.04. The number of anilines is 1. The Labute approximate surface area is 110 Å². The molecule has 0 bridgehead atoms. The molecule has 0 saturated heterocycles. The first-order chi connectivity index (χ1) is 8.21. The van der Waals surface area contributed by atoms with E-state index in [9.17, 15) is 4.79 Å². The summed E-state index contributed by atoms with van der Waals surface area (Å²) < 4.78 is 0. The highest BCUT2D eigenvalue weighted by Crippen LogP contribution is 2.21. The highest BCUT2D eigenvalue weighted by Gasteiger charge is 2.27. The molecule has 1 aromatic rings. The standard InChI is InChI=1S/C15H24N2O/c1-10(2)11-7-6-8-12(9-11)17-14(18)13(16)15(3,4)5/h6-10,13H,16H2,1-5H3,(H,17,18)/t13-/m0/s1. The average Bonchev–Trinajstić information content (AvgIpc) is 2.27. The maximum atomic E-state index is 12.0. The molecule has 0 spiro atoms. The van der Waals surface area contributed by atoms with Crippen molar-refractivity contribution in [3.05, 3.63) is 29.8 Å². The molecule has 18 heavy (non-hydrogen) atoms. The quantitative estimate of drug-likeness (QED) is 0.863. The number of benzene rings is 1. The van der Waals surface area contributed by atoms with Gasteiger partial charge in [0.2, 0.25) is 5.91 Å². The van der Waals surface area contributed by atoms with Crippen molar-refractivity contribution in [1.82, 2.24) is 0 Å². The summed E-state index contributed by atoms with van der Waals surface area (Å²) in [5.41, 5.74) is 7.71. The van der Waals surface area contributed by atoms with Gasteiger partial charge < -0.3 is 11.1 Å². The second-order valence-electron chi connectivity index (χ2n) is 6.11. The maximum Gasteiger partial charge on any atom is 0.241 e. The van der Waals surface area contributed by atoms with Gasteiger partial charge in [-0.05, 0) is 29.0 Å². The summed E-state index contributed by atoms with van der Waals surface area (Å²) in [6.07, 6.45) is 0. The molecule has 1 amide bonds. The van der Waals surface area contributed by atoms with Crippen molar-refractivity contribution in [2.24, 2.45) is 11.1 Å². The van der Waals surface area contributed by atoms with Crippen LogP contribution in [0.2, 0.25) is 0 Å². The average molecular weight is 248 g/mol. The molecule has 0 aliphatic carbocycles. The summed E-state index contributed by atoms with van der Waals surface area (Å²) in [4.78, 5) is 12.0. The third-order valence-corrected chi connectivity index (χ3v) is 3.04. The Bertz CT molecular complexity index is 419. The molecule has 0 aromatic heterocycles. The van der Waals surface area contributed by atoms with Crippen LogP contribution in [0, 0.1) is 5.41 Å². The van der Waals surface area contributed by atoms with Gasteiger partial charge in [-0.25, -0.2) is 0 Å². The normalized spacial score (nSPS) is 13.5. The molecule has 0 saturated carbocycles. The lowest BCUT2D eigenvalue weighted by atomic mass is 9.87. The minimum Gasteiger partial charge on any atom is -0.325 e. The van der Waals surface area contributed by atoms with E-state index in [1.807, 2.05) is 39.0 Å². The smallest absolute Gasteiger partial charge is 0.241 e. The van der Waals surface area contributed by atoms with Crippen molar-refractivity contribution >= 4 is 11.6 Å². The van der Waals surface area contributed by atoms with Crippen LogP contribution >= 0.6 is 0 Å². The van der Waals surface area contributed by atoms with Crippen molar-refractivity contribution in [2.75, 3.05) is 5.32 Å². The van der Waals surface area contributed by atoms with Gasteiger partial charge >= 0.3 is 0 Å². The van der Waals surface area contributed by atoms with E-state index in [1.165, 1.54) is 5.56 Å². The first-order valence-electron chi connectivity index (χ1n) is 6.38. The Morgan fingerprint density at radius 1 is 1.28 bits per heavy atom. The fourth-order valence-corrected chi connectivity index (χ4v) is 1.59. The molecule has 0 aliphatic heterocycles. The summed E-state index contributed by atoms with van der Waals surface area (Å²) in [5.74, 6) is 0.307. The van der Waals surface area contributed by atoms with Crippen LogP contribution in [0.5, 0.6) is 0 Å². The van der Waals surface area contributed by atoms with E-state index >= 15 is 0 Å². The van der Waals surface area contributed by atoms with E-state index in [1.54, 1.807) is 0 Å². The lowest BCUT2D eigenvalue weighted by Gasteiger charge is -2.25. The van der Waals surface area contributed by atoms with Crippen LogP contribution < -0.4 is 11.1 Å². The topological polar surface area (TPSA) is 55.1 Å². The van der Waals surface area contributed by atoms with Gasteiger partial charge in [0.25, 0.3) is 0 Å². The van der Waals surface area contributed by atoms with Crippen LogP contribution in [-0.4, -0.2) is 11.9 Å². The van der Waals surface area contributed by atoms with Crippen LogP contribution in [0.1, 0.15) is 46.1 Å². The van der Waals surface area contributed by atoms with Gasteiger partial charge in [0, 0.05) is 5.69 Å². The van der Waals surface area contributed by atoms with E-state index in [0.29, 0.717) is 5.92 Å². The predicted molar refractivity (Wildman–Crippen MR) is 76.6 cm³/mol. The number of nitrogens with two attached hydrogens (primary N) is 1. The SMILES string of the molecule is CC(C)c1cccc(NC(=O)[C@H](N)C(C)(C)C)c1. The molecule has 1 atom stereocenters. The van der Waals surface area contributed by atoms with E-state index < -0.39 is 6.04 Å². The van der Waals surface area contributed by atoms with Gasteiger partial charge in [0.15, 0.2) is 0 Å². The summed E-state index contributed by atoms with van der Waals surface area (Å²) in [6, 6.07) is 7.38. The third kappa shape index (κ3) is 3.84. The fraction of sp³-hybridized carbons (Fsp3) is 0.533. The van der Waals surface area contributed by atoms with Crippen LogP contribution in [0.15, 0.2) is 24.3 Å². The van der Waals surface area contributed by atoms with E-state index in [2.05, 4.69) is 25.2 Å². The Morgan fingerprint density at radius 2 is 1.89 bits per heavy atom. The van der Waals surface area contributed by atoms with E-state index in [0.717, 1.165) is 5.69 Å². The first-order valence-corrected chi connectivity index (χ1v) is 6.38. The summed E-state index contributed by atoms with van der Waals surface area (Å²) in [6.45, 7) is 10.1. The van der Waals surface area contributed by atoms with Gasteiger partial charge in [-0.3, -0.25) is 4.79 Å². The molecule has 0 unspecified atom stereocenters. The highest BCUT2D eigenvalue weighted by molar-refractivity contribution is 5.95. The van der Waals surface area contributed by atoms with Gasteiger partial charge in [-0.2, -0.15) is 0 Å². The molecule has 3 N–H and O–H groups in total. The highest BCUT2D eigenvalue weighted by atomic mass is 16.2. The van der Waals surface area contributed by atoms with Crippen molar-refractivity contribution in [1.29, 1.82) is 0 Å². The molecule has 0 heterocycles. The second-order valence-corrected chi connectivity index (χ2v) is 6.11. The Hall–Kier alpha value is -1.35. The molecule has 100 valence electrons. The van der Waals surface area contributed by atoms with Crippen molar-refractivity contribution < 1.29 is 4.79 Å². The largest absolute Gasteiger partial charge is 0.325 e. The molecule has 0 radical (unpaired) electrons. The van der Waals surface area contributed by atoms with Gasteiger partial charge in [0.1, 0.15) is 0 Å². The van der Waals surface area contributed by atoms with Crippen LogP contribution in [-0.2, 0) is 4.79 Å². The van der Waals surface area contributed by atoms with Crippen molar-refractivity contribution in [3.8, 4) is 0 Å². The molecule has 3 heteroatoms. The van der Waals surface area contributed by atoms with Crippen molar-refractivity contribution in [3.63, 3.8) is 0 Å². The summed E-state index contributed by atoms with van der Waals surface area (Å²) in [5, 5.41) is 2.88. The zero-order chi connectivity index (χ0) is 13.9. The molecular weight excluding hydrogens is 224 g/mol. The monoisotopic (exact) mass is 248 g/mol. The molecule has 0 aliphatic rings. The van der Waals surface area contributed by atoms with Gasteiger partial charge in [-0.1, -0.05) is 46.8 Å². The lowest BCUT2D eigenvalue weighted by Crippen LogP contribution is -2.45. The Balaban J connectivity index is 2.79. The van der Waals surface area contributed by atoms with Crippen LogP contribution in [0.4, 0.5) is 5.69 Å². The van der Waals surface area contributed by atoms with Crippen LogP contribution in [0.3, 0.4) is 0 Å². The molecular formula is C15H24N2O. The predicted octanol–water partition coefficient (Wildman–Crippen LogP) is 3.12. The number of hydrogen-bond acceptors (Lipinski definition) is 2. The molecule has 1 rings (SSSR count). The maximum absolute atomic E-state index is 12.0. The number of rotatable bonds is 3. The fourth-order valence-electron chi connectivity index (χ4n) is 1.59. The summed E-state index contributed by atoms with van der Waals surface area (Å²) in [7, 11) is 0. The summed E-state index contributed by atoms with van der Waals surface area (Å²) >= 11 is 0. The zero-order valence-electron chi connectivity index (χ0n) is 11.9. The minimum atomic E-state index is -0.514. The zero-order valence-corrected chi connectivity index (χ0v) is 11.9. The number of nitrogens with one attached hydrogen (secondary N) is 1. The van der Waals surface area contributed by atoms with E-state index in [4.69, 9.17) is 5.73 Å². The number of carbonyl (C=O) groups excluding carboxylic acids is 1. The number of carbonyl (C=O) groups is 1. The van der Waals surface area contributed by atoms with Crippen LogP contribution in [0.25, 0.3) is 0 Å². The van der Waals surface area contributed by atoms with E-state index in [-0.39, 0.29) is 11.3 Å². The Morgan fingerprint density at radius 3 is 2.39 bits per heavy atom. The minimum absolute atomic E-state index is 0.136. The second kappa shape index (κ2) is 5.53. The lowest BCUT2D eigenvalue weighted by molar-refractivity contribution is -0.119. The number of hydrogen-bond donors (Lipinski definition) is 2. The molecule has 0 fully saturated rings. The number of amides is 1.